The highest BCUT2D eigenvalue weighted by molar-refractivity contribution is 7.89. The van der Waals surface area contributed by atoms with Crippen LogP contribution in [0.5, 0.6) is 0 Å². The first-order valence-electron chi connectivity index (χ1n) is 6.29. The van der Waals surface area contributed by atoms with Gasteiger partial charge in [-0.15, -0.1) is 12.4 Å². The van der Waals surface area contributed by atoms with Gasteiger partial charge in [0.15, 0.2) is 0 Å². The minimum atomic E-state index is -3.87. The average molecular weight is 325 g/mol. The molecule has 1 aromatic rings. The van der Waals surface area contributed by atoms with Gasteiger partial charge in [-0.1, -0.05) is 26.0 Å². The molecule has 7 heteroatoms. The third-order valence-electron chi connectivity index (χ3n) is 3.47. The number of benzene rings is 1. The molecule has 0 amide bonds. The molecule has 0 saturated carbocycles. The predicted octanol–water partition coefficient (Wildman–Crippen LogP) is 2.35. The molecule has 0 bridgehead atoms. The molecule has 0 aliphatic heterocycles. The number of nitrogens with two attached hydrogens (primary N) is 1. The molecule has 0 radical (unpaired) electrons. The van der Waals surface area contributed by atoms with Crippen LogP contribution < -0.4 is 10.5 Å². The molecule has 4 nitrogen and oxygen atoms in total. The lowest BCUT2D eigenvalue weighted by molar-refractivity contribution is 0.391. The van der Waals surface area contributed by atoms with Gasteiger partial charge in [-0.2, -0.15) is 0 Å². The number of sulfonamides is 1. The summed E-state index contributed by atoms with van der Waals surface area (Å²) in [6, 6.07) is 4.29. The lowest BCUT2D eigenvalue weighted by Crippen LogP contribution is -2.49. The maximum absolute atomic E-state index is 13.8. The first-order chi connectivity index (χ1) is 8.75. The van der Waals surface area contributed by atoms with Gasteiger partial charge in [0.1, 0.15) is 10.7 Å². The average Bonchev–Trinajstić information content (AvgIpc) is 2.39. The summed E-state index contributed by atoms with van der Waals surface area (Å²) in [5.74, 6) is -0.717. The monoisotopic (exact) mass is 324 g/mol. The van der Waals surface area contributed by atoms with E-state index in [1.165, 1.54) is 25.1 Å². The highest BCUT2D eigenvalue weighted by Gasteiger charge is 2.25. The van der Waals surface area contributed by atoms with E-state index in [2.05, 4.69) is 4.72 Å². The predicted molar refractivity (Wildman–Crippen MR) is 81.1 cm³/mol. The van der Waals surface area contributed by atoms with Gasteiger partial charge in [0, 0.05) is 12.1 Å². The summed E-state index contributed by atoms with van der Waals surface area (Å²) in [5, 5.41) is 0. The Hall–Kier alpha value is -0.690. The van der Waals surface area contributed by atoms with E-state index in [4.69, 9.17) is 5.73 Å². The van der Waals surface area contributed by atoms with Gasteiger partial charge >= 0.3 is 0 Å². The maximum atomic E-state index is 13.8. The Kier molecular flexibility index (Phi) is 7.10. The zero-order valence-corrected chi connectivity index (χ0v) is 13.6. The Labute approximate surface area is 126 Å². The molecular weight excluding hydrogens is 303 g/mol. The van der Waals surface area contributed by atoms with E-state index >= 15 is 0 Å². The van der Waals surface area contributed by atoms with Crippen molar-refractivity contribution in [3.63, 3.8) is 0 Å². The summed E-state index contributed by atoms with van der Waals surface area (Å²) >= 11 is 0. The minimum Gasteiger partial charge on any atom is -0.324 e. The van der Waals surface area contributed by atoms with Gasteiger partial charge < -0.3 is 5.73 Å². The highest BCUT2D eigenvalue weighted by Crippen LogP contribution is 2.18. The molecule has 1 aromatic carbocycles. The summed E-state index contributed by atoms with van der Waals surface area (Å²) in [6.45, 7) is 5.41. The summed E-state index contributed by atoms with van der Waals surface area (Å²) < 4.78 is 40.4. The van der Waals surface area contributed by atoms with Crippen molar-refractivity contribution in [3.8, 4) is 0 Å². The number of aryl methyl sites for hydroxylation is 1. The van der Waals surface area contributed by atoms with Gasteiger partial charge in [0.25, 0.3) is 0 Å². The molecule has 0 atom stereocenters. The third kappa shape index (κ3) is 4.41. The van der Waals surface area contributed by atoms with Crippen molar-refractivity contribution in [2.45, 2.75) is 44.0 Å². The largest absolute Gasteiger partial charge is 0.324 e. The molecule has 0 spiro atoms. The second kappa shape index (κ2) is 7.36. The van der Waals surface area contributed by atoms with Crippen LogP contribution in [0.1, 0.15) is 32.3 Å². The van der Waals surface area contributed by atoms with Crippen LogP contribution in [0.15, 0.2) is 23.1 Å². The molecule has 0 heterocycles. The van der Waals surface area contributed by atoms with Crippen molar-refractivity contribution < 1.29 is 12.8 Å². The molecule has 0 unspecified atom stereocenters. The second-order valence-corrected chi connectivity index (χ2v) is 6.52. The number of hydrogen-bond donors (Lipinski definition) is 2. The highest BCUT2D eigenvalue weighted by atomic mass is 35.5. The fraction of sp³-hybridized carbons (Fsp3) is 0.538. The molecule has 1 rings (SSSR count). The van der Waals surface area contributed by atoms with Gasteiger partial charge in [-0.25, -0.2) is 17.5 Å². The third-order valence-corrected chi connectivity index (χ3v) is 4.89. The van der Waals surface area contributed by atoms with Gasteiger partial charge in [0.05, 0.1) is 0 Å². The van der Waals surface area contributed by atoms with E-state index in [9.17, 15) is 12.8 Å². The standard InChI is InChI=1S/C13H21FN2O2S.ClH/c1-4-13(15,5-2)9-16-19(17,18)11-8-6-7-10(3)12(11)14;/h6-8,16H,4-5,9,15H2,1-3H3;1H. The van der Waals surface area contributed by atoms with E-state index < -0.39 is 21.4 Å². The lowest BCUT2D eigenvalue weighted by Gasteiger charge is -2.26. The molecule has 0 aliphatic rings. The van der Waals surface area contributed by atoms with E-state index in [-0.39, 0.29) is 23.8 Å². The second-order valence-electron chi connectivity index (χ2n) is 4.78. The van der Waals surface area contributed by atoms with Gasteiger partial charge in [0.2, 0.25) is 10.0 Å². The first kappa shape index (κ1) is 19.3. The zero-order chi connectivity index (χ0) is 14.7. The summed E-state index contributed by atoms with van der Waals surface area (Å²) in [6.07, 6.45) is 1.28. The van der Waals surface area contributed by atoms with E-state index in [1.54, 1.807) is 0 Å². The Morgan fingerprint density at radius 2 is 1.85 bits per heavy atom. The molecule has 20 heavy (non-hydrogen) atoms. The van der Waals surface area contributed by atoms with Crippen molar-refractivity contribution in [1.29, 1.82) is 0 Å². The number of nitrogens with one attached hydrogen (secondary N) is 1. The Balaban J connectivity index is 0.00000361. The van der Waals surface area contributed by atoms with E-state index in [0.29, 0.717) is 18.4 Å². The van der Waals surface area contributed by atoms with Crippen molar-refractivity contribution >= 4 is 22.4 Å². The minimum absolute atomic E-state index is 0. The van der Waals surface area contributed by atoms with E-state index in [1.807, 2.05) is 13.8 Å². The van der Waals surface area contributed by atoms with Crippen LogP contribution in [-0.2, 0) is 10.0 Å². The quantitative estimate of drug-likeness (QED) is 0.843. The summed E-state index contributed by atoms with van der Waals surface area (Å²) in [5.41, 5.74) is 5.72. The number of halogens is 2. The topological polar surface area (TPSA) is 72.2 Å². The normalized spacial score (nSPS) is 12.1. The fourth-order valence-corrected chi connectivity index (χ4v) is 2.93. The fourth-order valence-electron chi connectivity index (χ4n) is 1.64. The number of hydrogen-bond acceptors (Lipinski definition) is 3. The Morgan fingerprint density at radius 3 is 2.35 bits per heavy atom. The first-order valence-corrected chi connectivity index (χ1v) is 7.77. The lowest BCUT2D eigenvalue weighted by atomic mass is 9.95. The molecule has 0 saturated heterocycles. The van der Waals surface area contributed by atoms with Crippen LogP contribution in [0.25, 0.3) is 0 Å². The van der Waals surface area contributed by atoms with Crippen LogP contribution in [0.4, 0.5) is 4.39 Å². The van der Waals surface area contributed by atoms with Crippen LogP contribution in [0, 0.1) is 12.7 Å². The smallest absolute Gasteiger partial charge is 0.243 e. The van der Waals surface area contributed by atoms with E-state index in [0.717, 1.165) is 0 Å². The SMILES string of the molecule is CCC(N)(CC)CNS(=O)(=O)c1cccc(C)c1F.Cl. The van der Waals surface area contributed by atoms with Gasteiger partial charge in [-0.05, 0) is 31.4 Å². The van der Waals surface area contributed by atoms with Crippen LogP contribution in [0.3, 0.4) is 0 Å². The maximum Gasteiger partial charge on any atom is 0.243 e. The Morgan fingerprint density at radius 1 is 1.30 bits per heavy atom. The molecule has 0 aliphatic carbocycles. The van der Waals surface area contributed by atoms with Crippen molar-refractivity contribution in [2.24, 2.45) is 5.73 Å². The summed E-state index contributed by atoms with van der Waals surface area (Å²) in [7, 11) is -3.87. The summed E-state index contributed by atoms with van der Waals surface area (Å²) in [4.78, 5) is -0.331. The molecule has 116 valence electrons. The van der Waals surface area contributed by atoms with Crippen LogP contribution in [0.2, 0.25) is 0 Å². The zero-order valence-electron chi connectivity index (χ0n) is 11.9. The van der Waals surface area contributed by atoms with Crippen molar-refractivity contribution in [2.75, 3.05) is 6.54 Å². The van der Waals surface area contributed by atoms with Crippen molar-refractivity contribution in [1.82, 2.24) is 4.72 Å². The van der Waals surface area contributed by atoms with Crippen molar-refractivity contribution in [3.05, 3.63) is 29.6 Å². The molecular formula is C13H22ClFN2O2S. The van der Waals surface area contributed by atoms with Crippen LogP contribution >= 0.6 is 12.4 Å². The molecule has 3 N–H and O–H groups in total. The van der Waals surface area contributed by atoms with Crippen LogP contribution in [-0.4, -0.2) is 20.5 Å². The van der Waals surface area contributed by atoms with Gasteiger partial charge in [-0.3, -0.25) is 0 Å². The molecule has 0 aromatic heterocycles. The number of rotatable bonds is 6. The molecule has 0 fully saturated rings. The Bertz CT molecular complexity index is 545.